The van der Waals surface area contributed by atoms with Gasteiger partial charge in [-0.15, -0.1) is 0 Å². The SMILES string of the molecule is Cc1ccc(Oc2cc(C#Cc3cccc(C(=O)O)c3F)ccc2C(C)(C)C)cc1. The van der Waals surface area contributed by atoms with E-state index in [2.05, 4.69) is 32.6 Å². The Labute approximate surface area is 176 Å². The lowest BCUT2D eigenvalue weighted by Crippen LogP contribution is -2.12. The molecule has 0 unspecified atom stereocenters. The minimum atomic E-state index is -1.32. The van der Waals surface area contributed by atoms with Crippen molar-refractivity contribution in [3.05, 3.63) is 94.3 Å². The van der Waals surface area contributed by atoms with Crippen molar-refractivity contribution in [3.63, 3.8) is 0 Å². The number of benzene rings is 3. The van der Waals surface area contributed by atoms with Crippen molar-refractivity contribution in [1.82, 2.24) is 0 Å². The molecule has 3 rings (SSSR count). The quantitative estimate of drug-likeness (QED) is 0.521. The van der Waals surface area contributed by atoms with Crippen molar-refractivity contribution in [2.75, 3.05) is 0 Å². The largest absolute Gasteiger partial charge is 0.478 e. The molecule has 152 valence electrons. The van der Waals surface area contributed by atoms with E-state index in [0.29, 0.717) is 11.3 Å². The molecule has 1 N–H and O–H groups in total. The van der Waals surface area contributed by atoms with Gasteiger partial charge in [-0.2, -0.15) is 0 Å². The van der Waals surface area contributed by atoms with Gasteiger partial charge < -0.3 is 9.84 Å². The highest BCUT2D eigenvalue weighted by atomic mass is 19.1. The first kappa shape index (κ1) is 21.1. The Kier molecular flexibility index (Phi) is 5.94. The monoisotopic (exact) mass is 402 g/mol. The normalized spacial score (nSPS) is 10.8. The van der Waals surface area contributed by atoms with Crippen LogP contribution in [-0.2, 0) is 5.41 Å². The molecule has 0 aliphatic carbocycles. The van der Waals surface area contributed by atoms with E-state index >= 15 is 0 Å². The fourth-order valence-electron chi connectivity index (χ4n) is 2.97. The fourth-order valence-corrected chi connectivity index (χ4v) is 2.97. The van der Waals surface area contributed by atoms with E-state index in [9.17, 15) is 9.18 Å². The van der Waals surface area contributed by atoms with E-state index in [-0.39, 0.29) is 11.0 Å². The number of hydrogen-bond acceptors (Lipinski definition) is 2. The van der Waals surface area contributed by atoms with Gasteiger partial charge in [-0.1, -0.05) is 62.4 Å². The zero-order chi connectivity index (χ0) is 21.9. The van der Waals surface area contributed by atoms with Crippen LogP contribution in [0.25, 0.3) is 0 Å². The first-order valence-electron chi connectivity index (χ1n) is 9.58. The second kappa shape index (κ2) is 8.42. The number of hydrogen-bond donors (Lipinski definition) is 1. The zero-order valence-corrected chi connectivity index (χ0v) is 17.4. The summed E-state index contributed by atoms with van der Waals surface area (Å²) in [5.41, 5.74) is 2.30. The van der Waals surface area contributed by atoms with Gasteiger partial charge in [-0.3, -0.25) is 0 Å². The topological polar surface area (TPSA) is 46.5 Å². The summed E-state index contributed by atoms with van der Waals surface area (Å²) in [5.74, 6) is 4.90. The van der Waals surface area contributed by atoms with Crippen molar-refractivity contribution in [2.45, 2.75) is 33.1 Å². The van der Waals surface area contributed by atoms with Gasteiger partial charge in [0.2, 0.25) is 0 Å². The van der Waals surface area contributed by atoms with Gasteiger partial charge in [0.15, 0.2) is 5.82 Å². The first-order valence-corrected chi connectivity index (χ1v) is 9.58. The highest BCUT2D eigenvalue weighted by Crippen LogP contribution is 2.35. The molecule has 30 heavy (non-hydrogen) atoms. The summed E-state index contributed by atoms with van der Waals surface area (Å²) >= 11 is 0. The molecule has 0 amide bonds. The molecular formula is C26H23FO3. The van der Waals surface area contributed by atoms with Crippen molar-refractivity contribution in [3.8, 4) is 23.3 Å². The number of rotatable bonds is 3. The molecule has 0 heterocycles. The van der Waals surface area contributed by atoms with Crippen LogP contribution in [0, 0.1) is 24.6 Å². The molecule has 3 aromatic rings. The molecule has 3 nitrogen and oxygen atoms in total. The summed E-state index contributed by atoms with van der Waals surface area (Å²) < 4.78 is 20.5. The van der Waals surface area contributed by atoms with Crippen LogP contribution in [0.4, 0.5) is 4.39 Å². The lowest BCUT2D eigenvalue weighted by atomic mass is 9.86. The minimum absolute atomic E-state index is 0.0378. The van der Waals surface area contributed by atoms with E-state index < -0.39 is 17.3 Å². The van der Waals surface area contributed by atoms with Crippen LogP contribution in [0.3, 0.4) is 0 Å². The third kappa shape index (κ3) is 4.87. The second-order valence-corrected chi connectivity index (χ2v) is 8.10. The van der Waals surface area contributed by atoms with Crippen LogP contribution in [0.5, 0.6) is 11.5 Å². The molecule has 0 atom stereocenters. The number of halogens is 1. The van der Waals surface area contributed by atoms with Crippen LogP contribution < -0.4 is 4.74 Å². The number of ether oxygens (including phenoxy) is 1. The number of carboxylic acid groups (broad SMARTS) is 1. The lowest BCUT2D eigenvalue weighted by molar-refractivity contribution is 0.0692. The molecule has 0 radical (unpaired) electrons. The molecule has 0 fully saturated rings. The molecule has 0 aliphatic heterocycles. The van der Waals surface area contributed by atoms with Crippen LogP contribution in [0.15, 0.2) is 60.7 Å². The van der Waals surface area contributed by atoms with E-state index in [0.717, 1.165) is 16.9 Å². The highest BCUT2D eigenvalue weighted by Gasteiger charge is 2.20. The highest BCUT2D eigenvalue weighted by molar-refractivity contribution is 5.88. The maximum atomic E-state index is 14.3. The Morgan fingerprint density at radius 1 is 1.00 bits per heavy atom. The fraction of sp³-hybridized carbons (Fsp3) is 0.192. The zero-order valence-electron chi connectivity index (χ0n) is 17.4. The third-order valence-electron chi connectivity index (χ3n) is 4.61. The van der Waals surface area contributed by atoms with Gasteiger partial charge in [0.25, 0.3) is 0 Å². The molecule has 4 heteroatoms. The number of carbonyl (C=O) groups is 1. The van der Waals surface area contributed by atoms with Gasteiger partial charge in [-0.25, -0.2) is 9.18 Å². The predicted octanol–water partition coefficient (Wildman–Crippen LogP) is 6.32. The van der Waals surface area contributed by atoms with Gasteiger partial charge in [0.1, 0.15) is 11.5 Å². The Hall–Kier alpha value is -3.58. The molecule has 3 aromatic carbocycles. The van der Waals surface area contributed by atoms with Gasteiger partial charge in [-0.05, 0) is 48.7 Å². The van der Waals surface area contributed by atoms with Crippen LogP contribution in [-0.4, -0.2) is 11.1 Å². The Balaban J connectivity index is 2.00. The summed E-state index contributed by atoms with van der Waals surface area (Å²) in [7, 11) is 0. The van der Waals surface area contributed by atoms with Crippen LogP contribution >= 0.6 is 0 Å². The molecular weight excluding hydrogens is 379 g/mol. The predicted molar refractivity (Wildman–Crippen MR) is 116 cm³/mol. The van der Waals surface area contributed by atoms with Gasteiger partial charge in [0.05, 0.1) is 11.1 Å². The van der Waals surface area contributed by atoms with Gasteiger partial charge in [0, 0.05) is 11.1 Å². The Bertz CT molecular complexity index is 1140. The van der Waals surface area contributed by atoms with Crippen molar-refractivity contribution in [2.24, 2.45) is 0 Å². The maximum absolute atomic E-state index is 14.3. The number of carboxylic acids is 1. The van der Waals surface area contributed by atoms with E-state index in [4.69, 9.17) is 9.84 Å². The summed E-state index contributed by atoms with van der Waals surface area (Å²) in [5, 5.41) is 9.07. The number of aryl methyl sites for hydroxylation is 1. The maximum Gasteiger partial charge on any atom is 0.338 e. The molecule has 0 saturated heterocycles. The van der Waals surface area contributed by atoms with Crippen LogP contribution in [0.1, 0.15) is 53.4 Å². The lowest BCUT2D eigenvalue weighted by Gasteiger charge is -2.23. The van der Waals surface area contributed by atoms with Crippen molar-refractivity contribution < 1.29 is 19.0 Å². The smallest absolute Gasteiger partial charge is 0.338 e. The van der Waals surface area contributed by atoms with Crippen LogP contribution in [0.2, 0.25) is 0 Å². The average Bonchev–Trinajstić information content (AvgIpc) is 2.68. The van der Waals surface area contributed by atoms with E-state index in [1.807, 2.05) is 49.4 Å². The van der Waals surface area contributed by atoms with E-state index in [1.54, 1.807) is 0 Å². The molecule has 0 aromatic heterocycles. The third-order valence-corrected chi connectivity index (χ3v) is 4.61. The Morgan fingerprint density at radius 3 is 2.33 bits per heavy atom. The molecule has 0 bridgehead atoms. The summed E-state index contributed by atoms with van der Waals surface area (Å²) in [4.78, 5) is 11.1. The number of aromatic carboxylic acids is 1. The first-order chi connectivity index (χ1) is 14.1. The summed E-state index contributed by atoms with van der Waals surface area (Å²) in [6.07, 6.45) is 0. The van der Waals surface area contributed by atoms with Gasteiger partial charge >= 0.3 is 5.97 Å². The molecule has 0 aliphatic rings. The summed E-state index contributed by atoms with van der Waals surface area (Å²) in [6.45, 7) is 8.31. The standard InChI is InChI=1S/C26H23FO3/c1-17-8-13-20(14-9-17)30-23-16-18(11-15-22(23)26(2,3)4)10-12-19-6-5-7-21(24(19)27)25(28)29/h5-9,11,13-16H,1-4H3,(H,28,29). The second-order valence-electron chi connectivity index (χ2n) is 8.10. The summed E-state index contributed by atoms with van der Waals surface area (Å²) in [6, 6.07) is 17.6. The molecule has 0 spiro atoms. The Morgan fingerprint density at radius 2 is 1.70 bits per heavy atom. The van der Waals surface area contributed by atoms with Crippen molar-refractivity contribution >= 4 is 5.97 Å². The van der Waals surface area contributed by atoms with E-state index in [1.165, 1.54) is 18.2 Å². The average molecular weight is 402 g/mol. The minimum Gasteiger partial charge on any atom is -0.478 e. The van der Waals surface area contributed by atoms with Crippen molar-refractivity contribution in [1.29, 1.82) is 0 Å². The molecule has 0 saturated carbocycles.